The Morgan fingerprint density at radius 1 is 1.25 bits per heavy atom. The van der Waals surface area contributed by atoms with Crippen LogP contribution in [-0.4, -0.2) is 26.0 Å². The molecule has 0 saturated heterocycles. The van der Waals surface area contributed by atoms with Crippen LogP contribution in [0.1, 0.15) is 10.4 Å². The van der Waals surface area contributed by atoms with Crippen molar-refractivity contribution < 1.29 is 9.90 Å². The van der Waals surface area contributed by atoms with E-state index in [0.29, 0.717) is 17.0 Å². The molecule has 7 heteroatoms. The van der Waals surface area contributed by atoms with E-state index in [1.807, 2.05) is 18.2 Å². The molecule has 0 aliphatic heterocycles. The molecule has 0 spiro atoms. The Hall–Kier alpha value is -1.73. The third-order valence-electron chi connectivity index (χ3n) is 2.81. The number of benzene rings is 1. The summed E-state index contributed by atoms with van der Waals surface area (Å²) in [5.41, 5.74) is 1.80. The van der Waals surface area contributed by atoms with Gasteiger partial charge in [0.05, 0.1) is 11.1 Å². The lowest BCUT2D eigenvalue weighted by molar-refractivity contribution is 0.0699. The van der Waals surface area contributed by atoms with Crippen LogP contribution in [0.2, 0.25) is 0 Å². The van der Waals surface area contributed by atoms with Gasteiger partial charge in [-0.3, -0.25) is 0 Å². The Morgan fingerprint density at radius 3 is 2.75 bits per heavy atom. The van der Waals surface area contributed by atoms with E-state index >= 15 is 0 Å². The quantitative estimate of drug-likeness (QED) is 0.689. The number of pyridine rings is 1. The number of fused-ring (bicyclic) bond motifs is 1. The minimum absolute atomic E-state index is 0.155. The molecular weight excluding hydrogens is 390 g/mol. The molecule has 3 aromatic rings. The average molecular weight is 397 g/mol. The van der Waals surface area contributed by atoms with E-state index in [1.165, 1.54) is 12.3 Å². The zero-order valence-corrected chi connectivity index (χ0v) is 13.1. The Balaban J connectivity index is 2.23. The van der Waals surface area contributed by atoms with Gasteiger partial charge in [-0.25, -0.2) is 14.8 Å². The van der Waals surface area contributed by atoms with Crippen molar-refractivity contribution in [3.05, 3.63) is 45.0 Å². The van der Waals surface area contributed by atoms with Gasteiger partial charge in [0, 0.05) is 20.7 Å². The minimum Gasteiger partial charge on any atom is -0.478 e. The SMILES string of the molecule is O=C(O)c1ccnc2nc(-c3ccc(Br)cc3Br)[nH]c12. The fourth-order valence-corrected chi connectivity index (χ4v) is 3.13. The predicted octanol–water partition coefficient (Wildman–Crippen LogP) is 3.85. The van der Waals surface area contributed by atoms with Crippen molar-refractivity contribution >= 4 is 49.0 Å². The molecule has 0 aliphatic carbocycles. The topological polar surface area (TPSA) is 78.9 Å². The minimum atomic E-state index is -1.01. The van der Waals surface area contributed by atoms with Crippen LogP contribution in [0.5, 0.6) is 0 Å². The van der Waals surface area contributed by atoms with Crippen LogP contribution in [-0.2, 0) is 0 Å². The molecular formula is C13H7Br2N3O2. The molecule has 0 amide bonds. The molecule has 100 valence electrons. The summed E-state index contributed by atoms with van der Waals surface area (Å²) >= 11 is 6.85. The zero-order valence-electron chi connectivity index (χ0n) is 9.89. The molecule has 5 nitrogen and oxygen atoms in total. The van der Waals surface area contributed by atoms with Gasteiger partial charge in [0.1, 0.15) is 5.82 Å². The standard InChI is InChI=1S/C13H7Br2N3O2/c14-6-1-2-7(9(15)5-6)11-17-10-8(13(19)20)3-4-16-12(10)18-11/h1-5H,(H,19,20)(H,16,17,18). The number of carboxylic acid groups (broad SMARTS) is 1. The highest BCUT2D eigenvalue weighted by Crippen LogP contribution is 2.30. The van der Waals surface area contributed by atoms with Crippen LogP contribution >= 0.6 is 31.9 Å². The Labute approximate surface area is 130 Å². The molecule has 0 atom stereocenters. The smallest absolute Gasteiger partial charge is 0.338 e. The molecule has 0 unspecified atom stereocenters. The van der Waals surface area contributed by atoms with Crippen LogP contribution in [0.3, 0.4) is 0 Å². The highest BCUT2D eigenvalue weighted by molar-refractivity contribution is 9.11. The van der Waals surface area contributed by atoms with Crippen molar-refractivity contribution in [2.24, 2.45) is 0 Å². The maximum Gasteiger partial charge on any atom is 0.338 e. The highest BCUT2D eigenvalue weighted by atomic mass is 79.9. The number of nitrogens with zero attached hydrogens (tertiary/aromatic N) is 2. The molecule has 20 heavy (non-hydrogen) atoms. The first-order valence-corrected chi connectivity index (χ1v) is 7.18. The van der Waals surface area contributed by atoms with Crippen molar-refractivity contribution in [3.8, 4) is 11.4 Å². The molecule has 2 N–H and O–H groups in total. The number of imidazole rings is 1. The first kappa shape index (κ1) is 13.3. The molecule has 0 bridgehead atoms. The summed E-state index contributed by atoms with van der Waals surface area (Å²) in [4.78, 5) is 22.6. The molecule has 0 radical (unpaired) electrons. The first-order chi connectivity index (χ1) is 9.56. The van der Waals surface area contributed by atoms with E-state index in [9.17, 15) is 4.79 Å². The number of carbonyl (C=O) groups is 1. The average Bonchev–Trinajstić information content (AvgIpc) is 2.81. The summed E-state index contributed by atoms with van der Waals surface area (Å²) in [5, 5.41) is 9.16. The molecule has 1 aromatic carbocycles. The number of aromatic amines is 1. The molecule has 2 aromatic heterocycles. The molecule has 3 rings (SSSR count). The number of rotatable bonds is 2. The van der Waals surface area contributed by atoms with E-state index in [2.05, 4.69) is 46.8 Å². The third-order valence-corrected chi connectivity index (χ3v) is 3.96. The van der Waals surface area contributed by atoms with Gasteiger partial charge in [-0.15, -0.1) is 0 Å². The van der Waals surface area contributed by atoms with Crippen LogP contribution in [0.25, 0.3) is 22.6 Å². The van der Waals surface area contributed by atoms with E-state index in [0.717, 1.165) is 14.5 Å². The number of aromatic carboxylic acids is 1. The van der Waals surface area contributed by atoms with Crippen molar-refractivity contribution in [2.75, 3.05) is 0 Å². The fourth-order valence-electron chi connectivity index (χ4n) is 1.90. The Kier molecular flexibility index (Phi) is 3.31. The number of nitrogens with one attached hydrogen (secondary N) is 1. The van der Waals surface area contributed by atoms with E-state index in [1.54, 1.807) is 0 Å². The summed E-state index contributed by atoms with van der Waals surface area (Å²) in [6.07, 6.45) is 1.44. The van der Waals surface area contributed by atoms with Gasteiger partial charge >= 0.3 is 5.97 Å². The first-order valence-electron chi connectivity index (χ1n) is 5.59. The van der Waals surface area contributed by atoms with Crippen LogP contribution in [0.4, 0.5) is 0 Å². The summed E-state index contributed by atoms with van der Waals surface area (Å²) in [6, 6.07) is 7.11. The zero-order chi connectivity index (χ0) is 14.3. The van der Waals surface area contributed by atoms with Crippen molar-refractivity contribution in [2.45, 2.75) is 0 Å². The van der Waals surface area contributed by atoms with E-state index < -0.39 is 5.97 Å². The molecule has 0 fully saturated rings. The van der Waals surface area contributed by atoms with Gasteiger partial charge in [-0.05, 0) is 40.2 Å². The summed E-state index contributed by atoms with van der Waals surface area (Å²) in [7, 11) is 0. The number of halogens is 2. The van der Waals surface area contributed by atoms with Gasteiger partial charge in [-0.1, -0.05) is 15.9 Å². The van der Waals surface area contributed by atoms with Gasteiger partial charge in [0.15, 0.2) is 5.65 Å². The number of aromatic nitrogens is 3. The number of carboxylic acids is 1. The van der Waals surface area contributed by atoms with Gasteiger partial charge in [0.2, 0.25) is 0 Å². The third kappa shape index (κ3) is 2.23. The second-order valence-corrected chi connectivity index (χ2v) is 5.84. The lowest BCUT2D eigenvalue weighted by Crippen LogP contribution is -1.97. The van der Waals surface area contributed by atoms with Crippen molar-refractivity contribution in [1.82, 2.24) is 15.0 Å². The largest absolute Gasteiger partial charge is 0.478 e. The van der Waals surface area contributed by atoms with E-state index in [4.69, 9.17) is 5.11 Å². The van der Waals surface area contributed by atoms with Crippen LogP contribution in [0, 0.1) is 0 Å². The lowest BCUT2D eigenvalue weighted by Gasteiger charge is -2.01. The number of H-pyrrole nitrogens is 1. The van der Waals surface area contributed by atoms with Gasteiger partial charge < -0.3 is 10.1 Å². The van der Waals surface area contributed by atoms with Gasteiger partial charge in [-0.2, -0.15) is 0 Å². The van der Waals surface area contributed by atoms with Crippen molar-refractivity contribution in [1.29, 1.82) is 0 Å². The van der Waals surface area contributed by atoms with E-state index in [-0.39, 0.29) is 5.56 Å². The van der Waals surface area contributed by atoms with Crippen LogP contribution < -0.4 is 0 Å². The van der Waals surface area contributed by atoms with Crippen molar-refractivity contribution in [3.63, 3.8) is 0 Å². The predicted molar refractivity (Wildman–Crippen MR) is 81.7 cm³/mol. The maximum absolute atomic E-state index is 11.2. The second-order valence-electron chi connectivity index (χ2n) is 4.07. The summed E-state index contributed by atoms with van der Waals surface area (Å²) in [6.45, 7) is 0. The van der Waals surface area contributed by atoms with Crippen LogP contribution in [0.15, 0.2) is 39.4 Å². The highest BCUT2D eigenvalue weighted by Gasteiger charge is 2.15. The number of hydrogen-bond acceptors (Lipinski definition) is 3. The van der Waals surface area contributed by atoms with Gasteiger partial charge in [0.25, 0.3) is 0 Å². The lowest BCUT2D eigenvalue weighted by atomic mass is 10.2. The maximum atomic E-state index is 11.2. The Morgan fingerprint density at radius 2 is 2.05 bits per heavy atom. The Bertz CT molecular complexity index is 830. The molecule has 0 aliphatic rings. The normalized spacial score (nSPS) is 10.9. The monoisotopic (exact) mass is 395 g/mol. The summed E-state index contributed by atoms with van der Waals surface area (Å²) in [5.74, 6) is -0.442. The molecule has 2 heterocycles. The second kappa shape index (κ2) is 4.99. The fraction of sp³-hybridized carbons (Fsp3) is 0. The molecule has 0 saturated carbocycles. The summed E-state index contributed by atoms with van der Waals surface area (Å²) < 4.78 is 1.79. The number of hydrogen-bond donors (Lipinski definition) is 2.